The highest BCUT2D eigenvalue weighted by molar-refractivity contribution is 7.89. The van der Waals surface area contributed by atoms with Gasteiger partial charge in [0.1, 0.15) is 11.6 Å². The van der Waals surface area contributed by atoms with Gasteiger partial charge in [0.15, 0.2) is 5.76 Å². The number of anilines is 1. The van der Waals surface area contributed by atoms with Gasteiger partial charge in [-0.15, -0.1) is 0 Å². The molecule has 1 heterocycles. The molecule has 1 unspecified atom stereocenters. The van der Waals surface area contributed by atoms with E-state index in [1.165, 1.54) is 36.7 Å². The summed E-state index contributed by atoms with van der Waals surface area (Å²) in [6.45, 7) is 15.1. The molecule has 0 fully saturated rings. The quantitative estimate of drug-likeness (QED) is 0.163. The van der Waals surface area contributed by atoms with Gasteiger partial charge in [-0.1, -0.05) is 65.0 Å². The van der Waals surface area contributed by atoms with Crippen LogP contribution in [0.25, 0.3) is 22.1 Å². The number of carbonyl (C=O) groups is 3. The van der Waals surface area contributed by atoms with E-state index < -0.39 is 33.9 Å². The molecular formula is C36H46N4O7S. The fourth-order valence-corrected chi connectivity index (χ4v) is 6.41. The van der Waals surface area contributed by atoms with Gasteiger partial charge in [-0.2, -0.15) is 4.72 Å². The van der Waals surface area contributed by atoms with E-state index in [1.54, 1.807) is 89.5 Å². The molecule has 258 valence electrons. The van der Waals surface area contributed by atoms with E-state index in [0.29, 0.717) is 27.8 Å². The Bertz CT molecular complexity index is 1820. The van der Waals surface area contributed by atoms with Crippen LogP contribution in [0, 0.1) is 12.8 Å². The number of carbonyl (C=O) groups excluding carboxylic acids is 2. The molecule has 0 saturated carbocycles. The largest absolute Gasteiger partial charge is 0.480 e. The lowest BCUT2D eigenvalue weighted by Gasteiger charge is -2.18. The highest BCUT2D eigenvalue weighted by Gasteiger charge is 2.28. The molecular weight excluding hydrogens is 632 g/mol. The molecule has 3 aromatic carbocycles. The topological polar surface area (TPSA) is 149 Å². The summed E-state index contributed by atoms with van der Waals surface area (Å²) in [6.07, 6.45) is 0. The minimum Gasteiger partial charge on any atom is -0.480 e. The van der Waals surface area contributed by atoms with Crippen LogP contribution in [0.15, 0.2) is 76.0 Å². The van der Waals surface area contributed by atoms with Crippen molar-refractivity contribution in [2.45, 2.75) is 52.5 Å². The van der Waals surface area contributed by atoms with Crippen molar-refractivity contribution in [3.63, 3.8) is 0 Å². The van der Waals surface area contributed by atoms with Crippen molar-refractivity contribution in [1.82, 2.24) is 14.5 Å². The third kappa shape index (κ3) is 9.09. The molecule has 3 N–H and O–H groups in total. The Balaban J connectivity index is 0.000000804. The Labute approximate surface area is 283 Å². The molecule has 4 aromatic rings. The number of fused-ring (bicyclic) bond motifs is 1. The number of benzene rings is 3. The van der Waals surface area contributed by atoms with Gasteiger partial charge in [-0.05, 0) is 80.0 Å². The molecule has 48 heavy (non-hydrogen) atoms. The van der Waals surface area contributed by atoms with E-state index in [2.05, 4.69) is 35.7 Å². The Morgan fingerprint density at radius 2 is 1.40 bits per heavy atom. The minimum absolute atomic E-state index is 0.0475. The summed E-state index contributed by atoms with van der Waals surface area (Å²) in [7, 11) is -0.712. The second-order valence-corrected chi connectivity index (χ2v) is 13.5. The predicted octanol–water partition coefficient (Wildman–Crippen LogP) is 6.10. The molecule has 2 amide bonds. The second-order valence-electron chi connectivity index (χ2n) is 11.8. The number of sulfonamides is 1. The molecule has 0 radical (unpaired) electrons. The zero-order chi connectivity index (χ0) is 35.8. The molecule has 0 aliphatic heterocycles. The third-order valence-corrected chi connectivity index (χ3v) is 9.45. The van der Waals surface area contributed by atoms with E-state index in [0.717, 1.165) is 11.1 Å². The zero-order valence-corrected chi connectivity index (χ0v) is 29.6. The number of rotatable bonds is 12. The van der Waals surface area contributed by atoms with E-state index in [9.17, 15) is 27.9 Å². The van der Waals surface area contributed by atoms with E-state index >= 15 is 0 Å². The number of hydrogen-bond donors (Lipinski definition) is 3. The van der Waals surface area contributed by atoms with Gasteiger partial charge in [-0.25, -0.2) is 8.42 Å². The van der Waals surface area contributed by atoms with Gasteiger partial charge in [0, 0.05) is 30.7 Å². The maximum absolute atomic E-state index is 13.1. The van der Waals surface area contributed by atoms with Gasteiger partial charge in [0.05, 0.1) is 10.5 Å². The van der Waals surface area contributed by atoms with Gasteiger partial charge in [-0.3, -0.25) is 14.4 Å². The average Bonchev–Trinajstić information content (AvgIpc) is 3.41. The standard InChI is InChI=1S/C30H31N3O7S.C6H15N/c1-17(2)26(30(36)37)32-41(38,39)22-15-11-20(12-16-22)19-9-13-21(14-10-19)31-28(34)27-18(3)25-23(29(35)33(4)5)7-6-8-24(25)40-27;1-4-7(5-2)6-3/h6-17,26,32H,1-5H3,(H,31,34)(H,36,37);4-6H2,1-3H3. The molecule has 11 nitrogen and oxygen atoms in total. The van der Waals surface area contributed by atoms with Gasteiger partial charge >= 0.3 is 5.97 Å². The number of aliphatic carboxylic acids is 1. The molecule has 0 spiro atoms. The maximum Gasteiger partial charge on any atom is 0.322 e. The number of nitrogens with zero attached hydrogens (tertiary/aromatic N) is 2. The number of carboxylic acids is 1. The first kappa shape index (κ1) is 37.9. The van der Waals surface area contributed by atoms with Crippen LogP contribution in [0.2, 0.25) is 0 Å². The van der Waals surface area contributed by atoms with Crippen molar-refractivity contribution in [2.24, 2.45) is 5.92 Å². The third-order valence-electron chi connectivity index (χ3n) is 7.99. The molecule has 12 heteroatoms. The summed E-state index contributed by atoms with van der Waals surface area (Å²) >= 11 is 0. The van der Waals surface area contributed by atoms with E-state index in [1.807, 2.05) is 0 Å². The second kappa shape index (κ2) is 16.5. The Morgan fingerprint density at radius 3 is 1.85 bits per heavy atom. The minimum atomic E-state index is -4.03. The summed E-state index contributed by atoms with van der Waals surface area (Å²) in [4.78, 5) is 40.9. The smallest absolute Gasteiger partial charge is 0.322 e. The van der Waals surface area contributed by atoms with Crippen molar-refractivity contribution in [3.05, 3.63) is 83.6 Å². The summed E-state index contributed by atoms with van der Waals surface area (Å²) in [5.74, 6) is -2.22. The number of carboxylic acid groups (broad SMARTS) is 1. The van der Waals surface area contributed by atoms with E-state index in [-0.39, 0.29) is 16.6 Å². The molecule has 1 atom stereocenters. The fourth-order valence-electron chi connectivity index (χ4n) is 5.08. The number of furan rings is 1. The molecule has 1 aromatic heterocycles. The van der Waals surface area contributed by atoms with Crippen molar-refractivity contribution in [1.29, 1.82) is 0 Å². The van der Waals surface area contributed by atoms with Crippen LogP contribution < -0.4 is 10.0 Å². The fraction of sp³-hybridized carbons (Fsp3) is 0.361. The predicted molar refractivity (Wildman–Crippen MR) is 189 cm³/mol. The molecule has 0 saturated heterocycles. The van der Waals surface area contributed by atoms with Crippen LogP contribution in [0.1, 0.15) is 61.1 Å². The Kier molecular flexibility index (Phi) is 13.1. The SMILES string of the molecule is CCN(CC)CC.Cc1c(C(=O)Nc2ccc(-c3ccc(S(=O)(=O)NC(C(=O)O)C(C)C)cc3)cc2)oc2cccc(C(=O)N(C)C)c12. The van der Waals surface area contributed by atoms with Gasteiger partial charge in [0.2, 0.25) is 10.0 Å². The van der Waals surface area contributed by atoms with Gasteiger partial charge in [0.25, 0.3) is 11.8 Å². The van der Waals surface area contributed by atoms with Crippen molar-refractivity contribution in [2.75, 3.05) is 39.0 Å². The Morgan fingerprint density at radius 1 is 0.854 bits per heavy atom. The normalized spacial score (nSPS) is 12.0. The lowest BCUT2D eigenvalue weighted by Crippen LogP contribution is -2.44. The maximum atomic E-state index is 13.1. The van der Waals surface area contributed by atoms with Crippen LogP contribution in [0.3, 0.4) is 0 Å². The number of nitrogens with one attached hydrogen (secondary N) is 2. The first-order chi connectivity index (χ1) is 22.6. The first-order valence-electron chi connectivity index (χ1n) is 15.9. The van der Waals surface area contributed by atoms with Crippen molar-refractivity contribution < 1.29 is 32.3 Å². The molecule has 4 rings (SSSR count). The van der Waals surface area contributed by atoms with Crippen LogP contribution in [-0.2, 0) is 14.8 Å². The Hall–Kier alpha value is -4.52. The number of hydrogen-bond acceptors (Lipinski definition) is 7. The molecule has 0 aliphatic rings. The summed E-state index contributed by atoms with van der Waals surface area (Å²) in [5, 5.41) is 12.7. The lowest BCUT2D eigenvalue weighted by molar-refractivity contribution is -0.140. The van der Waals surface area contributed by atoms with Crippen LogP contribution in [0.5, 0.6) is 0 Å². The first-order valence-corrected chi connectivity index (χ1v) is 17.4. The number of aryl methyl sites for hydroxylation is 1. The summed E-state index contributed by atoms with van der Waals surface area (Å²) in [5.41, 5.74) is 3.48. The van der Waals surface area contributed by atoms with Crippen LogP contribution in [-0.4, -0.2) is 80.9 Å². The van der Waals surface area contributed by atoms with Crippen LogP contribution >= 0.6 is 0 Å². The lowest BCUT2D eigenvalue weighted by atomic mass is 10.0. The summed E-state index contributed by atoms with van der Waals surface area (Å²) < 4.78 is 33.4. The van der Waals surface area contributed by atoms with Gasteiger partial charge < -0.3 is 24.6 Å². The van der Waals surface area contributed by atoms with E-state index in [4.69, 9.17) is 4.42 Å². The molecule has 0 aliphatic carbocycles. The monoisotopic (exact) mass is 678 g/mol. The van der Waals surface area contributed by atoms with Crippen molar-refractivity contribution >= 4 is 44.5 Å². The van der Waals surface area contributed by atoms with Crippen molar-refractivity contribution in [3.8, 4) is 11.1 Å². The average molecular weight is 679 g/mol. The number of amides is 2. The highest BCUT2D eigenvalue weighted by atomic mass is 32.2. The molecule has 0 bridgehead atoms. The van der Waals surface area contributed by atoms with Crippen LogP contribution in [0.4, 0.5) is 5.69 Å². The zero-order valence-electron chi connectivity index (χ0n) is 28.8. The summed E-state index contributed by atoms with van der Waals surface area (Å²) in [6, 6.07) is 16.9. The highest BCUT2D eigenvalue weighted by Crippen LogP contribution is 2.30.